The van der Waals surface area contributed by atoms with Gasteiger partial charge in [-0.05, 0) is 222 Å². The van der Waals surface area contributed by atoms with Crippen molar-refractivity contribution in [2.75, 3.05) is 0 Å². The van der Waals surface area contributed by atoms with Crippen molar-refractivity contribution in [2.24, 2.45) is 35.5 Å². The number of aryl methyl sites for hydroxylation is 2. The van der Waals surface area contributed by atoms with E-state index in [9.17, 15) is 8.78 Å². The monoisotopic (exact) mass is 1240 g/mol. The van der Waals surface area contributed by atoms with Crippen LogP contribution >= 0.6 is 34.8 Å². The highest BCUT2D eigenvalue weighted by Crippen LogP contribution is 2.36. The minimum absolute atomic E-state index is 0.101. The van der Waals surface area contributed by atoms with Crippen molar-refractivity contribution in [3.05, 3.63) is 209 Å². The van der Waals surface area contributed by atoms with Gasteiger partial charge in [0.15, 0.2) is 0 Å². The second kappa shape index (κ2) is 42.9. The molecule has 0 nitrogen and oxygen atoms in total. The van der Waals surface area contributed by atoms with Gasteiger partial charge in [-0.1, -0.05) is 290 Å². The minimum atomic E-state index is -0.146. The van der Waals surface area contributed by atoms with Crippen LogP contribution in [-0.2, 0) is 0 Å². The molecule has 0 N–H and O–H groups in total. The van der Waals surface area contributed by atoms with Crippen LogP contribution in [0.25, 0.3) is 0 Å². The average molecular weight is 1240 g/mol. The third-order valence-corrected chi connectivity index (χ3v) is 18.3. The summed E-state index contributed by atoms with van der Waals surface area (Å²) in [6.45, 7) is 49.9. The molecule has 0 bridgehead atoms. The Hall–Kier alpha value is -3.95. The molecule has 0 radical (unpaired) electrons. The predicted octanol–water partition coefficient (Wildman–Crippen LogP) is 28.4. The van der Waals surface area contributed by atoms with Crippen LogP contribution in [0.15, 0.2) is 121 Å². The highest BCUT2D eigenvalue weighted by molar-refractivity contribution is 6.31. The quantitative estimate of drug-likeness (QED) is 0.135. The first-order valence-electron chi connectivity index (χ1n) is 33.1. The number of rotatable bonds is 9. The summed E-state index contributed by atoms with van der Waals surface area (Å²) in [5.74, 6) is 9.08. The highest BCUT2D eigenvalue weighted by atomic mass is 35.5. The van der Waals surface area contributed by atoms with E-state index in [1.807, 2.05) is 68.4 Å². The zero-order chi connectivity index (χ0) is 65.4. The van der Waals surface area contributed by atoms with E-state index in [0.29, 0.717) is 35.5 Å². The Balaban J connectivity index is 0.000000486. The van der Waals surface area contributed by atoms with E-state index in [1.54, 1.807) is 12.1 Å². The van der Waals surface area contributed by atoms with E-state index in [4.69, 9.17) is 34.8 Å². The molecule has 0 saturated heterocycles. The molecule has 3 aliphatic rings. The molecule has 0 aliphatic heterocycles. The molecule has 3 fully saturated rings. The molecule has 5 heteroatoms. The lowest BCUT2D eigenvalue weighted by Crippen LogP contribution is -2.16. The Kier molecular flexibility index (Phi) is 39.9. The molecule has 0 amide bonds. The fourth-order valence-corrected chi connectivity index (χ4v) is 11.4. The molecule has 6 aromatic carbocycles. The SMILES string of the molecule is CC(C)C1CC1.CC(C)C1CCC1.CC(C)C1CCCCC1.CC(C)c1cccc(Cl)c1.Cc1c(Cl)cccc1C(C)C.Cc1c(Cl)cccc1C(C)C.Cc1c(F)cccc1C(C)C.Cc1cc(F)ccc1C(C)C.Cc1ccccc1C(C)C. The Morgan fingerprint density at radius 1 is 0.326 bits per heavy atom. The Morgan fingerprint density at radius 3 is 0.988 bits per heavy atom. The van der Waals surface area contributed by atoms with Crippen LogP contribution in [-0.4, -0.2) is 0 Å². The fraction of sp³-hybridized carbons (Fsp3) is 0.556. The van der Waals surface area contributed by atoms with Gasteiger partial charge in [0.05, 0.1) is 0 Å². The van der Waals surface area contributed by atoms with Crippen LogP contribution in [0, 0.1) is 81.8 Å². The van der Waals surface area contributed by atoms with Gasteiger partial charge in [0, 0.05) is 15.1 Å². The summed E-state index contributed by atoms with van der Waals surface area (Å²) < 4.78 is 25.6. The summed E-state index contributed by atoms with van der Waals surface area (Å²) in [5.41, 5.74) is 13.4. The number of benzene rings is 6. The van der Waals surface area contributed by atoms with Crippen LogP contribution in [0.5, 0.6) is 0 Å². The van der Waals surface area contributed by atoms with E-state index >= 15 is 0 Å². The van der Waals surface area contributed by atoms with Crippen LogP contribution in [0.2, 0.25) is 15.1 Å². The molecular formula is C81H121Cl3F2. The Morgan fingerprint density at radius 2 is 0.698 bits per heavy atom. The molecule has 0 atom stereocenters. The number of hydrogen-bond acceptors (Lipinski definition) is 0. The second-order valence-corrected chi connectivity index (χ2v) is 28.6. The molecule has 3 aliphatic carbocycles. The molecule has 0 unspecified atom stereocenters. The molecule has 9 rings (SSSR count). The fourth-order valence-electron chi connectivity index (χ4n) is 10.8. The van der Waals surface area contributed by atoms with Crippen LogP contribution in [0.3, 0.4) is 0 Å². The third kappa shape index (κ3) is 32.0. The van der Waals surface area contributed by atoms with Gasteiger partial charge in [0.2, 0.25) is 0 Å². The van der Waals surface area contributed by atoms with E-state index < -0.39 is 0 Å². The second-order valence-electron chi connectivity index (χ2n) is 27.4. The summed E-state index contributed by atoms with van der Waals surface area (Å²) in [7, 11) is 0. The maximum Gasteiger partial charge on any atom is 0.126 e. The average Bonchev–Trinajstić information content (AvgIpc) is 4.40. The lowest BCUT2D eigenvalue weighted by atomic mass is 9.78. The smallest absolute Gasteiger partial charge is 0.126 e. The minimum Gasteiger partial charge on any atom is -0.207 e. The summed E-state index contributed by atoms with van der Waals surface area (Å²) in [6, 6.07) is 38.8. The Bertz CT molecular complexity index is 2610. The van der Waals surface area contributed by atoms with Crippen molar-refractivity contribution >= 4 is 34.8 Å². The van der Waals surface area contributed by atoms with Gasteiger partial charge in [0.25, 0.3) is 0 Å². The van der Waals surface area contributed by atoms with Gasteiger partial charge in [-0.25, -0.2) is 8.78 Å². The predicted molar refractivity (Wildman–Crippen MR) is 383 cm³/mol. The molecule has 3 saturated carbocycles. The van der Waals surface area contributed by atoms with Gasteiger partial charge in [-0.15, -0.1) is 0 Å². The maximum absolute atomic E-state index is 12.9. The Labute approximate surface area is 543 Å². The molecule has 480 valence electrons. The van der Waals surface area contributed by atoms with E-state index in [1.165, 1.54) is 121 Å². The molecule has 0 heterocycles. The zero-order valence-corrected chi connectivity index (χ0v) is 60.7. The van der Waals surface area contributed by atoms with Gasteiger partial charge in [0.1, 0.15) is 11.6 Å². The topological polar surface area (TPSA) is 0 Å². The lowest BCUT2D eigenvalue weighted by Gasteiger charge is -2.28. The van der Waals surface area contributed by atoms with E-state index in [2.05, 4.69) is 188 Å². The van der Waals surface area contributed by atoms with Gasteiger partial charge in [-0.2, -0.15) is 0 Å². The molecule has 86 heavy (non-hydrogen) atoms. The summed E-state index contributed by atoms with van der Waals surface area (Å²) >= 11 is 17.7. The van der Waals surface area contributed by atoms with Crippen LogP contribution in [0.1, 0.15) is 286 Å². The first kappa shape index (κ1) is 80.1. The molecule has 0 aromatic heterocycles. The van der Waals surface area contributed by atoms with Gasteiger partial charge < -0.3 is 0 Å². The van der Waals surface area contributed by atoms with E-state index in [0.717, 1.165) is 67.3 Å². The van der Waals surface area contributed by atoms with Gasteiger partial charge in [-0.3, -0.25) is 0 Å². The van der Waals surface area contributed by atoms with Crippen molar-refractivity contribution < 1.29 is 8.78 Å². The highest BCUT2D eigenvalue weighted by Gasteiger charge is 2.24. The van der Waals surface area contributed by atoms with E-state index in [-0.39, 0.29) is 11.6 Å². The van der Waals surface area contributed by atoms with Crippen LogP contribution in [0.4, 0.5) is 8.78 Å². The third-order valence-electron chi connectivity index (χ3n) is 17.2. The van der Waals surface area contributed by atoms with Crippen molar-refractivity contribution in [3.63, 3.8) is 0 Å². The summed E-state index contributed by atoms with van der Waals surface area (Å²) in [6.07, 6.45) is 14.9. The maximum atomic E-state index is 12.9. The molecule has 6 aromatic rings. The first-order chi connectivity index (χ1) is 40.3. The number of hydrogen-bond donors (Lipinski definition) is 0. The standard InChI is InChI=1S/2C10H13Cl.2C10H13F.C10H14.C9H11Cl.C9H18.C7H14.C6H12/c2*1-7(2)9-5-4-6-10(11)8(9)3;1-7(2)10-5-4-9(11)6-8(10)3;1-7(2)9-5-4-6-10(11)8(9)3;1-8(2)10-7-5-4-6-9(10)3;1-7(2)8-4-3-5-9(10)6-8;1-8(2)9-6-4-3-5-7-9;1-6(2)7-4-3-5-7;1-5(2)6-3-4-6/h4*4-7H,1-3H3;4-8H,1-3H3;3-7H,1-2H3;8-9H,3-7H2,1-2H3;6-7H,3-5H2,1-2H3;5-6H,3-4H2,1-2H3. The van der Waals surface area contributed by atoms with Crippen molar-refractivity contribution in [2.45, 2.75) is 259 Å². The van der Waals surface area contributed by atoms with Crippen molar-refractivity contribution in [3.8, 4) is 0 Å². The lowest BCUT2D eigenvalue weighted by molar-refractivity contribution is 0.235. The normalized spacial score (nSPS) is 13.7. The van der Waals surface area contributed by atoms with Crippen molar-refractivity contribution in [1.29, 1.82) is 0 Å². The molecule has 0 spiro atoms. The zero-order valence-electron chi connectivity index (χ0n) is 58.4. The first-order valence-corrected chi connectivity index (χ1v) is 34.3. The summed E-state index contributed by atoms with van der Waals surface area (Å²) in [4.78, 5) is 0. The summed E-state index contributed by atoms with van der Waals surface area (Å²) in [5, 5.41) is 2.57. The van der Waals surface area contributed by atoms with Crippen LogP contribution < -0.4 is 0 Å². The largest absolute Gasteiger partial charge is 0.207 e. The van der Waals surface area contributed by atoms with Crippen molar-refractivity contribution in [1.82, 2.24) is 0 Å². The number of halogens is 5. The van der Waals surface area contributed by atoms with Gasteiger partial charge >= 0.3 is 0 Å². The molecular weight excluding hydrogens is 1120 g/mol.